The molecule has 0 amide bonds. The highest BCUT2D eigenvalue weighted by molar-refractivity contribution is 5.87. The summed E-state index contributed by atoms with van der Waals surface area (Å²) in [4.78, 5) is 11.8. The van der Waals surface area contributed by atoms with E-state index in [2.05, 4.69) is 13.5 Å². The number of ether oxygens (including phenoxy) is 2. The van der Waals surface area contributed by atoms with E-state index < -0.39 is 0 Å². The summed E-state index contributed by atoms with van der Waals surface area (Å²) in [5.74, 6) is -0.199. The van der Waals surface area contributed by atoms with Crippen LogP contribution in [0, 0.1) is 0 Å². The van der Waals surface area contributed by atoms with Crippen molar-refractivity contribution in [3.8, 4) is 0 Å². The predicted octanol–water partition coefficient (Wildman–Crippen LogP) is 3.38. The highest BCUT2D eigenvalue weighted by Crippen LogP contribution is 2.37. The fraction of sp³-hybridized carbons (Fsp3) is 0.800. The number of unbranched alkanes of at least 4 members (excludes halogenated alkanes) is 3. The molecule has 2 fully saturated rings. The first-order valence-electron chi connectivity index (χ1n) is 7.25. The average molecular weight is 252 g/mol. The molecule has 0 radical (unpaired) electrons. The van der Waals surface area contributed by atoms with Gasteiger partial charge in [0.15, 0.2) is 0 Å². The van der Waals surface area contributed by atoms with Crippen LogP contribution in [0.5, 0.6) is 0 Å². The minimum atomic E-state index is -0.199. The number of fused-ring (bicyclic) bond motifs is 1. The lowest BCUT2D eigenvalue weighted by Gasteiger charge is -2.20. The van der Waals surface area contributed by atoms with Crippen LogP contribution in [0.2, 0.25) is 0 Å². The minimum Gasteiger partial charge on any atom is -0.459 e. The lowest BCUT2D eigenvalue weighted by Crippen LogP contribution is -2.25. The molecular weight excluding hydrogens is 228 g/mol. The summed E-state index contributed by atoms with van der Waals surface area (Å²) in [6, 6.07) is 0. The molecule has 1 aliphatic heterocycles. The Morgan fingerprint density at radius 2 is 2.11 bits per heavy atom. The normalized spacial score (nSPS) is 29.5. The Labute approximate surface area is 110 Å². The smallest absolute Gasteiger partial charge is 0.333 e. The van der Waals surface area contributed by atoms with Crippen LogP contribution >= 0.6 is 0 Å². The second kappa shape index (κ2) is 6.37. The summed E-state index contributed by atoms with van der Waals surface area (Å²) < 4.78 is 10.9. The maximum absolute atomic E-state index is 11.8. The third-order valence-corrected chi connectivity index (χ3v) is 3.85. The third kappa shape index (κ3) is 3.84. The summed E-state index contributed by atoms with van der Waals surface area (Å²) in [5.41, 5.74) is 0.630. The standard InChI is InChI=1S/C15H24O3/c1-3-4-5-6-7-11(2)15(16)17-12-8-9-13-14(10-12)18-13/h12-14H,2-10H2,1H3. The molecule has 18 heavy (non-hydrogen) atoms. The monoisotopic (exact) mass is 252 g/mol. The first-order chi connectivity index (χ1) is 8.70. The quantitative estimate of drug-likeness (QED) is 0.302. The number of carbonyl (C=O) groups is 1. The van der Waals surface area contributed by atoms with E-state index in [0.29, 0.717) is 17.8 Å². The molecule has 0 aromatic heterocycles. The molecule has 3 heteroatoms. The Kier molecular flexibility index (Phi) is 4.81. The molecule has 3 atom stereocenters. The molecule has 2 rings (SSSR count). The van der Waals surface area contributed by atoms with Crippen LogP contribution in [0.4, 0.5) is 0 Å². The first-order valence-corrected chi connectivity index (χ1v) is 7.25. The van der Waals surface area contributed by atoms with Crippen molar-refractivity contribution in [2.24, 2.45) is 0 Å². The molecule has 1 saturated heterocycles. The lowest BCUT2D eigenvalue weighted by molar-refractivity contribution is -0.145. The molecule has 2 aliphatic rings. The van der Waals surface area contributed by atoms with Crippen molar-refractivity contribution in [1.82, 2.24) is 0 Å². The summed E-state index contributed by atoms with van der Waals surface area (Å²) in [5, 5.41) is 0. The number of rotatable bonds is 7. The molecule has 0 bridgehead atoms. The summed E-state index contributed by atoms with van der Waals surface area (Å²) in [6.45, 7) is 6.02. The lowest BCUT2D eigenvalue weighted by atomic mass is 9.98. The van der Waals surface area contributed by atoms with E-state index in [1.54, 1.807) is 0 Å². The van der Waals surface area contributed by atoms with E-state index in [1.165, 1.54) is 19.3 Å². The van der Waals surface area contributed by atoms with Gasteiger partial charge in [0.25, 0.3) is 0 Å². The molecule has 0 spiro atoms. The van der Waals surface area contributed by atoms with Gasteiger partial charge in [0.2, 0.25) is 0 Å². The highest BCUT2D eigenvalue weighted by atomic mass is 16.6. The van der Waals surface area contributed by atoms with E-state index in [-0.39, 0.29) is 12.1 Å². The highest BCUT2D eigenvalue weighted by Gasteiger charge is 2.45. The molecule has 1 saturated carbocycles. The fourth-order valence-corrected chi connectivity index (χ4v) is 2.58. The second-order valence-electron chi connectivity index (χ2n) is 5.47. The SMILES string of the molecule is C=C(CCCCCC)C(=O)OC1CCC2OC2C1. The largest absolute Gasteiger partial charge is 0.459 e. The number of hydrogen-bond donors (Lipinski definition) is 0. The van der Waals surface area contributed by atoms with E-state index >= 15 is 0 Å². The van der Waals surface area contributed by atoms with Gasteiger partial charge in [-0.05, 0) is 25.7 Å². The number of epoxide rings is 1. The van der Waals surface area contributed by atoms with Crippen molar-refractivity contribution < 1.29 is 14.3 Å². The zero-order chi connectivity index (χ0) is 13.0. The summed E-state index contributed by atoms with van der Waals surface area (Å²) >= 11 is 0. The predicted molar refractivity (Wildman–Crippen MR) is 70.3 cm³/mol. The molecular formula is C15H24O3. The van der Waals surface area contributed by atoms with E-state index in [4.69, 9.17) is 9.47 Å². The van der Waals surface area contributed by atoms with E-state index in [9.17, 15) is 4.79 Å². The number of hydrogen-bond acceptors (Lipinski definition) is 3. The van der Waals surface area contributed by atoms with Gasteiger partial charge >= 0.3 is 5.97 Å². The van der Waals surface area contributed by atoms with E-state index in [0.717, 1.165) is 32.1 Å². The van der Waals surface area contributed by atoms with Gasteiger partial charge in [-0.3, -0.25) is 0 Å². The first kappa shape index (κ1) is 13.6. The molecule has 0 aromatic carbocycles. The van der Waals surface area contributed by atoms with Crippen LogP contribution in [0.25, 0.3) is 0 Å². The van der Waals surface area contributed by atoms with Crippen LogP contribution in [0.15, 0.2) is 12.2 Å². The van der Waals surface area contributed by atoms with Gasteiger partial charge in [-0.1, -0.05) is 32.8 Å². The Morgan fingerprint density at radius 1 is 1.28 bits per heavy atom. The third-order valence-electron chi connectivity index (χ3n) is 3.85. The van der Waals surface area contributed by atoms with Gasteiger partial charge in [0, 0.05) is 12.0 Å². The Balaban J connectivity index is 1.62. The van der Waals surface area contributed by atoms with Crippen LogP contribution < -0.4 is 0 Å². The number of carbonyl (C=O) groups excluding carboxylic acids is 1. The Bertz CT molecular complexity index is 311. The number of esters is 1. The van der Waals surface area contributed by atoms with Crippen LogP contribution in [-0.4, -0.2) is 24.3 Å². The summed E-state index contributed by atoms with van der Waals surface area (Å²) in [6.07, 6.45) is 9.13. The van der Waals surface area contributed by atoms with Crippen LogP contribution in [0.1, 0.15) is 58.3 Å². The molecule has 3 unspecified atom stereocenters. The zero-order valence-electron chi connectivity index (χ0n) is 11.3. The van der Waals surface area contributed by atoms with Crippen molar-refractivity contribution in [2.45, 2.75) is 76.6 Å². The van der Waals surface area contributed by atoms with Crippen LogP contribution in [-0.2, 0) is 14.3 Å². The fourth-order valence-electron chi connectivity index (χ4n) is 2.58. The molecule has 0 aromatic rings. The van der Waals surface area contributed by atoms with Gasteiger partial charge < -0.3 is 9.47 Å². The van der Waals surface area contributed by atoms with Gasteiger partial charge in [-0.15, -0.1) is 0 Å². The van der Waals surface area contributed by atoms with Crippen molar-refractivity contribution in [3.63, 3.8) is 0 Å². The molecule has 3 nitrogen and oxygen atoms in total. The van der Waals surface area contributed by atoms with Crippen molar-refractivity contribution in [1.29, 1.82) is 0 Å². The van der Waals surface area contributed by atoms with Crippen molar-refractivity contribution in [3.05, 3.63) is 12.2 Å². The zero-order valence-corrected chi connectivity index (χ0v) is 11.3. The average Bonchev–Trinajstić information content (AvgIpc) is 3.12. The van der Waals surface area contributed by atoms with Gasteiger partial charge in [0.1, 0.15) is 6.10 Å². The van der Waals surface area contributed by atoms with Crippen molar-refractivity contribution in [2.75, 3.05) is 0 Å². The topological polar surface area (TPSA) is 38.8 Å². The Morgan fingerprint density at radius 3 is 2.83 bits per heavy atom. The minimum absolute atomic E-state index is 0.0497. The van der Waals surface area contributed by atoms with Gasteiger partial charge in [-0.25, -0.2) is 4.79 Å². The van der Waals surface area contributed by atoms with Crippen molar-refractivity contribution >= 4 is 5.97 Å². The maximum atomic E-state index is 11.8. The molecule has 1 aliphatic carbocycles. The van der Waals surface area contributed by atoms with Crippen LogP contribution in [0.3, 0.4) is 0 Å². The van der Waals surface area contributed by atoms with E-state index in [1.807, 2.05) is 0 Å². The van der Waals surface area contributed by atoms with Gasteiger partial charge in [-0.2, -0.15) is 0 Å². The molecule has 0 N–H and O–H groups in total. The van der Waals surface area contributed by atoms with Gasteiger partial charge in [0.05, 0.1) is 12.2 Å². The molecule has 1 heterocycles. The summed E-state index contributed by atoms with van der Waals surface area (Å²) in [7, 11) is 0. The Hall–Kier alpha value is -0.830. The second-order valence-corrected chi connectivity index (χ2v) is 5.47. The molecule has 102 valence electrons. The maximum Gasteiger partial charge on any atom is 0.333 e.